The van der Waals surface area contributed by atoms with Crippen molar-refractivity contribution in [1.82, 2.24) is 0 Å². The number of carbonyl (C=O) groups excluding carboxylic acids is 3. The Bertz CT molecular complexity index is 921. The summed E-state index contributed by atoms with van der Waals surface area (Å²) in [6.07, 6.45) is 0.0118. The molecule has 0 unspecified atom stereocenters. The number of hydrogen-bond acceptors (Lipinski definition) is 6. The van der Waals surface area contributed by atoms with Gasteiger partial charge in [-0.1, -0.05) is 29.8 Å². The van der Waals surface area contributed by atoms with Gasteiger partial charge >= 0.3 is 5.97 Å². The normalized spacial score (nSPS) is 15.9. The Hall–Kier alpha value is -3.35. The molecule has 1 aliphatic rings. The van der Waals surface area contributed by atoms with Gasteiger partial charge in [-0.25, -0.2) is 0 Å². The highest BCUT2D eigenvalue weighted by Crippen LogP contribution is 2.36. The van der Waals surface area contributed by atoms with Gasteiger partial charge < -0.3 is 19.1 Å². The van der Waals surface area contributed by atoms with Crippen LogP contribution in [-0.2, 0) is 14.3 Å². The highest BCUT2D eigenvalue weighted by atomic mass is 16.5. The lowest BCUT2D eigenvalue weighted by Gasteiger charge is -2.20. The number of aryl methyl sites for hydroxylation is 1. The third-order valence-electron chi connectivity index (χ3n) is 4.85. The highest BCUT2D eigenvalue weighted by molar-refractivity contribution is 6.01. The van der Waals surface area contributed by atoms with Crippen LogP contribution in [0.3, 0.4) is 0 Å². The predicted octanol–water partition coefficient (Wildman–Crippen LogP) is 2.79. The zero-order chi connectivity index (χ0) is 21.0. The molecule has 29 heavy (non-hydrogen) atoms. The van der Waals surface area contributed by atoms with E-state index in [0.29, 0.717) is 22.7 Å². The van der Waals surface area contributed by atoms with E-state index in [1.165, 1.54) is 19.1 Å². The monoisotopic (exact) mass is 397 g/mol. The van der Waals surface area contributed by atoms with Gasteiger partial charge in [0.05, 0.1) is 25.8 Å². The Labute approximate surface area is 169 Å². The zero-order valence-electron chi connectivity index (χ0n) is 16.6. The highest BCUT2D eigenvalue weighted by Gasteiger charge is 2.37. The summed E-state index contributed by atoms with van der Waals surface area (Å²) in [4.78, 5) is 38.6. The molecule has 0 radical (unpaired) electrons. The average molecular weight is 397 g/mol. The molecule has 2 aromatic carbocycles. The molecule has 1 heterocycles. The van der Waals surface area contributed by atoms with Crippen LogP contribution < -0.4 is 14.4 Å². The summed E-state index contributed by atoms with van der Waals surface area (Å²) >= 11 is 0. The molecular weight excluding hydrogens is 374 g/mol. The van der Waals surface area contributed by atoms with Crippen LogP contribution in [-0.4, -0.2) is 45.0 Å². The lowest BCUT2D eigenvalue weighted by Crippen LogP contribution is -2.27. The number of ketones is 1. The first-order chi connectivity index (χ1) is 13.9. The predicted molar refractivity (Wildman–Crippen MR) is 106 cm³/mol. The first-order valence-corrected chi connectivity index (χ1v) is 9.22. The molecule has 7 nitrogen and oxygen atoms in total. The second kappa shape index (κ2) is 8.77. The van der Waals surface area contributed by atoms with Gasteiger partial charge in [-0.2, -0.15) is 0 Å². The van der Waals surface area contributed by atoms with E-state index in [9.17, 15) is 14.4 Å². The van der Waals surface area contributed by atoms with Gasteiger partial charge in [-0.05, 0) is 19.1 Å². The standard InChI is InChI=1S/C22H23NO6/c1-14-4-6-15(7-5-14)19(24)13-29-22(26)16-10-21(25)23(12-16)18-11-17(27-2)8-9-20(18)28-3/h4-9,11,16H,10,12-13H2,1-3H3/t16-/m0/s1. The van der Waals surface area contributed by atoms with E-state index < -0.39 is 11.9 Å². The summed E-state index contributed by atoms with van der Waals surface area (Å²) in [5, 5.41) is 0. The van der Waals surface area contributed by atoms with Crippen LogP contribution in [0.15, 0.2) is 42.5 Å². The van der Waals surface area contributed by atoms with Gasteiger partial charge in [0.1, 0.15) is 11.5 Å². The van der Waals surface area contributed by atoms with Gasteiger partial charge in [-0.15, -0.1) is 0 Å². The van der Waals surface area contributed by atoms with Crippen LogP contribution in [0.1, 0.15) is 22.3 Å². The third kappa shape index (κ3) is 4.56. The number of anilines is 1. The van der Waals surface area contributed by atoms with Crippen LogP contribution in [0.5, 0.6) is 11.5 Å². The Balaban J connectivity index is 1.64. The summed E-state index contributed by atoms with van der Waals surface area (Å²) in [7, 11) is 3.04. The van der Waals surface area contributed by atoms with Crippen molar-refractivity contribution in [2.45, 2.75) is 13.3 Å². The molecule has 1 atom stereocenters. The van der Waals surface area contributed by atoms with Crippen molar-refractivity contribution in [2.75, 3.05) is 32.3 Å². The lowest BCUT2D eigenvalue weighted by atomic mass is 10.1. The van der Waals surface area contributed by atoms with Crippen molar-refractivity contribution >= 4 is 23.3 Å². The summed E-state index contributed by atoms with van der Waals surface area (Å²) in [6.45, 7) is 1.73. The number of rotatable bonds is 7. The number of methoxy groups -OCH3 is 2. The van der Waals surface area contributed by atoms with Crippen molar-refractivity contribution in [1.29, 1.82) is 0 Å². The van der Waals surface area contributed by atoms with Gasteiger partial charge in [0.2, 0.25) is 5.91 Å². The molecule has 0 aliphatic carbocycles. The maximum absolute atomic E-state index is 12.5. The Morgan fingerprint density at radius 3 is 2.45 bits per heavy atom. The maximum Gasteiger partial charge on any atom is 0.311 e. The summed E-state index contributed by atoms with van der Waals surface area (Å²) in [5.41, 5.74) is 2.05. The second-order valence-electron chi connectivity index (χ2n) is 6.84. The number of nitrogens with zero attached hydrogens (tertiary/aromatic N) is 1. The smallest absolute Gasteiger partial charge is 0.311 e. The van der Waals surface area contributed by atoms with Crippen LogP contribution in [0, 0.1) is 12.8 Å². The van der Waals surface area contributed by atoms with Crippen LogP contribution >= 0.6 is 0 Å². The fourth-order valence-electron chi connectivity index (χ4n) is 3.18. The summed E-state index contributed by atoms with van der Waals surface area (Å²) in [5.74, 6) is -0.643. The summed E-state index contributed by atoms with van der Waals surface area (Å²) in [6, 6.07) is 12.2. The molecule has 0 N–H and O–H groups in total. The molecule has 7 heteroatoms. The number of hydrogen-bond donors (Lipinski definition) is 0. The van der Waals surface area contributed by atoms with Gasteiger partial charge in [0.15, 0.2) is 12.4 Å². The van der Waals surface area contributed by atoms with Crippen molar-refractivity contribution < 1.29 is 28.6 Å². The van der Waals surface area contributed by atoms with E-state index >= 15 is 0 Å². The molecular formula is C22H23NO6. The van der Waals surface area contributed by atoms with Crippen LogP contribution in [0.2, 0.25) is 0 Å². The minimum absolute atomic E-state index is 0.0118. The summed E-state index contributed by atoms with van der Waals surface area (Å²) < 4.78 is 15.7. The average Bonchev–Trinajstić information content (AvgIpc) is 3.13. The molecule has 0 spiro atoms. The van der Waals surface area contributed by atoms with Gasteiger partial charge in [0.25, 0.3) is 0 Å². The molecule has 3 rings (SSSR count). The van der Waals surface area contributed by atoms with E-state index in [2.05, 4.69) is 0 Å². The number of benzene rings is 2. The van der Waals surface area contributed by atoms with Crippen molar-refractivity contribution in [2.24, 2.45) is 5.92 Å². The largest absolute Gasteiger partial charge is 0.497 e. The molecule has 1 saturated heterocycles. The molecule has 152 valence electrons. The van der Waals surface area contributed by atoms with Gasteiger partial charge in [-0.3, -0.25) is 14.4 Å². The minimum atomic E-state index is -0.649. The van der Waals surface area contributed by atoms with Crippen molar-refractivity contribution in [3.05, 3.63) is 53.6 Å². The first-order valence-electron chi connectivity index (χ1n) is 9.22. The number of Topliss-reactive ketones (excluding diaryl/α,β-unsaturated/α-hetero) is 1. The van der Waals surface area contributed by atoms with E-state index in [4.69, 9.17) is 14.2 Å². The second-order valence-corrected chi connectivity index (χ2v) is 6.84. The third-order valence-corrected chi connectivity index (χ3v) is 4.85. The number of ether oxygens (including phenoxy) is 3. The zero-order valence-corrected chi connectivity index (χ0v) is 16.6. The van der Waals surface area contributed by atoms with Crippen LogP contribution in [0.4, 0.5) is 5.69 Å². The van der Waals surface area contributed by atoms with Crippen molar-refractivity contribution in [3.63, 3.8) is 0 Å². The Morgan fingerprint density at radius 1 is 1.07 bits per heavy atom. The molecule has 1 aliphatic heterocycles. The molecule has 2 aromatic rings. The number of esters is 1. The van der Waals surface area contributed by atoms with Crippen LogP contribution in [0.25, 0.3) is 0 Å². The maximum atomic E-state index is 12.5. The Morgan fingerprint density at radius 2 is 1.79 bits per heavy atom. The number of carbonyl (C=O) groups is 3. The SMILES string of the molecule is COc1ccc(OC)c(N2C[C@@H](C(=O)OCC(=O)c3ccc(C)cc3)CC2=O)c1. The molecule has 1 amide bonds. The lowest BCUT2D eigenvalue weighted by molar-refractivity contribution is -0.147. The van der Waals surface area contributed by atoms with E-state index in [-0.39, 0.29) is 31.3 Å². The minimum Gasteiger partial charge on any atom is -0.497 e. The first kappa shape index (κ1) is 20.4. The van der Waals surface area contributed by atoms with Crippen molar-refractivity contribution in [3.8, 4) is 11.5 Å². The van der Waals surface area contributed by atoms with E-state index in [1.807, 2.05) is 19.1 Å². The fourth-order valence-corrected chi connectivity index (χ4v) is 3.18. The fraction of sp³-hybridized carbons (Fsp3) is 0.318. The molecule has 0 aromatic heterocycles. The quantitative estimate of drug-likeness (QED) is 0.528. The topological polar surface area (TPSA) is 82.1 Å². The van der Waals surface area contributed by atoms with E-state index in [0.717, 1.165) is 5.56 Å². The molecule has 0 saturated carbocycles. The van der Waals surface area contributed by atoms with Gasteiger partial charge in [0, 0.05) is 24.6 Å². The molecule has 1 fully saturated rings. The van der Waals surface area contributed by atoms with E-state index in [1.54, 1.807) is 30.3 Å². The Kier molecular flexibility index (Phi) is 6.16. The molecule has 0 bridgehead atoms. The number of amides is 1.